The van der Waals surface area contributed by atoms with E-state index in [-0.39, 0.29) is 24.0 Å². The summed E-state index contributed by atoms with van der Waals surface area (Å²) in [6, 6.07) is 11.3. The number of hydrogen-bond donors (Lipinski definition) is 2. The molecule has 1 aliphatic carbocycles. The average molecular weight is 401 g/mol. The van der Waals surface area contributed by atoms with E-state index in [4.69, 9.17) is 0 Å². The van der Waals surface area contributed by atoms with Crippen LogP contribution in [0.1, 0.15) is 44.1 Å². The van der Waals surface area contributed by atoms with Gasteiger partial charge in [0, 0.05) is 19.6 Å². The summed E-state index contributed by atoms with van der Waals surface area (Å²) in [5.41, 5.74) is 1.41. The molecule has 0 radical (unpaired) electrons. The van der Waals surface area contributed by atoms with Crippen molar-refractivity contribution in [3.63, 3.8) is 0 Å². The van der Waals surface area contributed by atoms with E-state index in [1.54, 1.807) is 0 Å². The molecule has 2 rings (SSSR count). The number of hydrogen-bond acceptors (Lipinski definition) is 1. The summed E-state index contributed by atoms with van der Waals surface area (Å²) >= 11 is 0. The molecular weight excluding hydrogens is 373 g/mol. The molecule has 0 aromatic heterocycles. The van der Waals surface area contributed by atoms with Gasteiger partial charge in [-0.3, -0.25) is 4.99 Å². The summed E-state index contributed by atoms with van der Waals surface area (Å²) < 4.78 is 0. The summed E-state index contributed by atoms with van der Waals surface area (Å²) in [7, 11) is 1.86. The van der Waals surface area contributed by atoms with Gasteiger partial charge in [0.25, 0.3) is 0 Å². The van der Waals surface area contributed by atoms with Crippen LogP contribution in [0.4, 0.5) is 0 Å². The number of aryl methyl sites for hydroxylation is 1. The summed E-state index contributed by atoms with van der Waals surface area (Å²) in [6.07, 6.45) is 8.91. The largest absolute Gasteiger partial charge is 0.356 e. The first-order valence-electron chi connectivity index (χ1n) is 7.89. The number of halogens is 1. The Labute approximate surface area is 146 Å². The van der Waals surface area contributed by atoms with Crippen molar-refractivity contribution in [3.8, 4) is 0 Å². The van der Waals surface area contributed by atoms with Gasteiger partial charge >= 0.3 is 0 Å². The van der Waals surface area contributed by atoms with Crippen LogP contribution in [-0.2, 0) is 6.42 Å². The summed E-state index contributed by atoms with van der Waals surface area (Å²) in [5.74, 6) is 0.963. The Hall–Kier alpha value is -0.780. The van der Waals surface area contributed by atoms with Crippen molar-refractivity contribution >= 4 is 29.9 Å². The molecule has 0 aliphatic heterocycles. The number of aliphatic imine (C=N–C) groups is 1. The summed E-state index contributed by atoms with van der Waals surface area (Å²) in [6.45, 7) is 0.973. The molecule has 1 aromatic carbocycles. The molecule has 0 unspecified atom stereocenters. The first-order valence-corrected chi connectivity index (χ1v) is 7.89. The van der Waals surface area contributed by atoms with Crippen molar-refractivity contribution in [2.24, 2.45) is 4.99 Å². The van der Waals surface area contributed by atoms with Gasteiger partial charge in [0.2, 0.25) is 0 Å². The molecule has 3 nitrogen and oxygen atoms in total. The lowest BCUT2D eigenvalue weighted by atomic mass is 9.96. The van der Waals surface area contributed by atoms with Crippen LogP contribution in [0, 0.1) is 0 Å². The van der Waals surface area contributed by atoms with Gasteiger partial charge in [-0.1, -0.05) is 49.6 Å². The van der Waals surface area contributed by atoms with Gasteiger partial charge < -0.3 is 10.6 Å². The monoisotopic (exact) mass is 401 g/mol. The average Bonchev–Trinajstić information content (AvgIpc) is 2.52. The van der Waals surface area contributed by atoms with E-state index in [0.29, 0.717) is 6.04 Å². The van der Waals surface area contributed by atoms with Crippen LogP contribution in [0.2, 0.25) is 0 Å². The number of nitrogens with zero attached hydrogens (tertiary/aromatic N) is 1. The second-order valence-corrected chi connectivity index (χ2v) is 5.57. The normalized spacial score (nSPS) is 16.1. The van der Waals surface area contributed by atoms with Crippen LogP contribution in [-0.4, -0.2) is 25.6 Å². The zero-order chi connectivity index (χ0) is 14.0. The van der Waals surface area contributed by atoms with Gasteiger partial charge in [0.15, 0.2) is 5.96 Å². The summed E-state index contributed by atoms with van der Waals surface area (Å²) in [5, 5.41) is 6.97. The van der Waals surface area contributed by atoms with Crippen molar-refractivity contribution in [1.29, 1.82) is 0 Å². The lowest BCUT2D eigenvalue weighted by Gasteiger charge is -2.24. The van der Waals surface area contributed by atoms with E-state index in [2.05, 4.69) is 46.0 Å². The molecule has 0 bridgehead atoms. The summed E-state index contributed by atoms with van der Waals surface area (Å²) in [4.78, 5) is 4.32. The molecule has 21 heavy (non-hydrogen) atoms. The Kier molecular flexibility index (Phi) is 9.46. The minimum Gasteiger partial charge on any atom is -0.356 e. The highest BCUT2D eigenvalue weighted by molar-refractivity contribution is 14.0. The van der Waals surface area contributed by atoms with Gasteiger partial charge in [-0.25, -0.2) is 0 Å². The Balaban J connectivity index is 0.00000220. The maximum Gasteiger partial charge on any atom is 0.191 e. The SMILES string of the molecule is CN=C(NCCCc1ccccc1)NC1CCCCC1.I. The van der Waals surface area contributed by atoms with E-state index < -0.39 is 0 Å². The fourth-order valence-corrected chi connectivity index (χ4v) is 2.78. The van der Waals surface area contributed by atoms with E-state index in [0.717, 1.165) is 25.3 Å². The molecule has 1 saturated carbocycles. The Bertz CT molecular complexity index is 400. The van der Waals surface area contributed by atoms with Crippen molar-refractivity contribution in [1.82, 2.24) is 10.6 Å². The molecule has 0 spiro atoms. The highest BCUT2D eigenvalue weighted by Crippen LogP contribution is 2.17. The van der Waals surface area contributed by atoms with Crippen LogP contribution in [0.3, 0.4) is 0 Å². The number of benzene rings is 1. The smallest absolute Gasteiger partial charge is 0.191 e. The van der Waals surface area contributed by atoms with Gasteiger partial charge in [0.05, 0.1) is 0 Å². The van der Waals surface area contributed by atoms with Gasteiger partial charge in [-0.2, -0.15) is 0 Å². The van der Waals surface area contributed by atoms with Gasteiger partial charge in [-0.05, 0) is 31.2 Å². The fourth-order valence-electron chi connectivity index (χ4n) is 2.78. The molecule has 0 amide bonds. The molecule has 2 N–H and O–H groups in total. The minimum atomic E-state index is 0. The third-order valence-electron chi connectivity index (χ3n) is 3.95. The predicted molar refractivity (Wildman–Crippen MR) is 102 cm³/mol. The highest BCUT2D eigenvalue weighted by atomic mass is 127. The lowest BCUT2D eigenvalue weighted by Crippen LogP contribution is -2.44. The van der Waals surface area contributed by atoms with E-state index in [9.17, 15) is 0 Å². The molecule has 1 aromatic rings. The van der Waals surface area contributed by atoms with Crippen molar-refractivity contribution < 1.29 is 0 Å². The first kappa shape index (κ1) is 18.3. The first-order chi connectivity index (χ1) is 9.88. The second-order valence-electron chi connectivity index (χ2n) is 5.57. The third kappa shape index (κ3) is 7.16. The number of guanidine groups is 1. The molecule has 0 heterocycles. The maximum atomic E-state index is 4.32. The van der Waals surface area contributed by atoms with Gasteiger partial charge in [-0.15, -0.1) is 24.0 Å². The topological polar surface area (TPSA) is 36.4 Å². The van der Waals surface area contributed by atoms with E-state index in [1.807, 2.05) is 7.05 Å². The zero-order valence-electron chi connectivity index (χ0n) is 13.0. The quantitative estimate of drug-likeness (QED) is 0.341. The third-order valence-corrected chi connectivity index (χ3v) is 3.95. The van der Waals surface area contributed by atoms with Crippen molar-refractivity contribution in [2.45, 2.75) is 51.0 Å². The van der Waals surface area contributed by atoms with Crippen LogP contribution in [0.25, 0.3) is 0 Å². The molecule has 1 fully saturated rings. The Morgan fingerprint density at radius 3 is 2.52 bits per heavy atom. The molecule has 118 valence electrons. The molecule has 0 atom stereocenters. The number of rotatable bonds is 5. The van der Waals surface area contributed by atoms with Crippen molar-refractivity contribution in [2.75, 3.05) is 13.6 Å². The number of nitrogens with one attached hydrogen (secondary N) is 2. The molecule has 1 aliphatic rings. The lowest BCUT2D eigenvalue weighted by molar-refractivity contribution is 0.410. The minimum absolute atomic E-state index is 0. The van der Waals surface area contributed by atoms with Crippen LogP contribution in [0.15, 0.2) is 35.3 Å². The Morgan fingerprint density at radius 2 is 1.86 bits per heavy atom. The molecular formula is C17H28IN3. The maximum absolute atomic E-state index is 4.32. The van der Waals surface area contributed by atoms with E-state index >= 15 is 0 Å². The predicted octanol–water partition coefficient (Wildman–Crippen LogP) is 3.73. The van der Waals surface area contributed by atoms with Crippen LogP contribution >= 0.6 is 24.0 Å². The van der Waals surface area contributed by atoms with Crippen LogP contribution < -0.4 is 10.6 Å². The fraction of sp³-hybridized carbons (Fsp3) is 0.588. The second kappa shape index (κ2) is 10.9. The highest BCUT2D eigenvalue weighted by Gasteiger charge is 2.13. The zero-order valence-corrected chi connectivity index (χ0v) is 15.3. The molecule has 4 heteroatoms. The van der Waals surface area contributed by atoms with E-state index in [1.165, 1.54) is 37.7 Å². The molecule has 0 saturated heterocycles. The van der Waals surface area contributed by atoms with Crippen LogP contribution in [0.5, 0.6) is 0 Å². The van der Waals surface area contributed by atoms with Crippen molar-refractivity contribution in [3.05, 3.63) is 35.9 Å². The standard InChI is InChI=1S/C17H27N3.HI/c1-18-17(20-16-12-6-3-7-13-16)19-14-8-11-15-9-4-2-5-10-15;/h2,4-5,9-10,16H,3,6-8,11-14H2,1H3,(H2,18,19,20);1H. The van der Waals surface area contributed by atoms with Gasteiger partial charge in [0.1, 0.15) is 0 Å². The Morgan fingerprint density at radius 1 is 1.14 bits per heavy atom.